The van der Waals surface area contributed by atoms with Crippen molar-refractivity contribution in [1.82, 2.24) is 10.2 Å². The summed E-state index contributed by atoms with van der Waals surface area (Å²) in [5.74, 6) is 0.439. The van der Waals surface area contributed by atoms with Gasteiger partial charge in [0.25, 0.3) is 5.91 Å². The number of carbonyl (C=O) groups excluding carboxylic acids is 2. The van der Waals surface area contributed by atoms with Gasteiger partial charge in [0.05, 0.1) is 17.1 Å². The van der Waals surface area contributed by atoms with Crippen LogP contribution < -0.4 is 15.4 Å². The molecule has 27 heavy (non-hydrogen) atoms. The van der Waals surface area contributed by atoms with Gasteiger partial charge in [0.15, 0.2) is 5.11 Å². The van der Waals surface area contributed by atoms with Crippen molar-refractivity contribution in [3.8, 4) is 5.75 Å². The van der Waals surface area contributed by atoms with Crippen molar-refractivity contribution in [3.63, 3.8) is 0 Å². The van der Waals surface area contributed by atoms with Crippen LogP contribution in [-0.2, 0) is 11.2 Å². The lowest BCUT2D eigenvalue weighted by molar-refractivity contribution is -0.127. The van der Waals surface area contributed by atoms with Crippen molar-refractivity contribution >= 4 is 57.4 Å². The van der Waals surface area contributed by atoms with E-state index in [-0.39, 0.29) is 16.9 Å². The zero-order valence-electron chi connectivity index (χ0n) is 15.2. The summed E-state index contributed by atoms with van der Waals surface area (Å²) in [6.07, 6.45) is 0.338. The van der Waals surface area contributed by atoms with Crippen LogP contribution >= 0.6 is 34.8 Å². The molecule has 0 bridgehead atoms. The monoisotopic (exact) mass is 497 g/mol. The highest BCUT2D eigenvalue weighted by molar-refractivity contribution is 14.1. The Labute approximate surface area is 177 Å². The molecular weight excluding hydrogens is 477 g/mol. The molecule has 2 rings (SSSR count). The fraction of sp³-hybridized carbons (Fsp3) is 0.211. The molecule has 8 heteroatoms. The van der Waals surface area contributed by atoms with Gasteiger partial charge in [0.1, 0.15) is 5.75 Å². The topological polar surface area (TPSA) is 70.7 Å². The number of carbonyl (C=O) groups is 2. The van der Waals surface area contributed by atoms with Crippen LogP contribution in [0.15, 0.2) is 42.5 Å². The normalized spacial score (nSPS) is 10.1. The molecule has 0 aliphatic heterocycles. The summed E-state index contributed by atoms with van der Waals surface area (Å²) >= 11 is 7.31. The number of rotatable bonds is 5. The number of anilines is 1. The Kier molecular flexibility index (Phi) is 7.55. The number of nitrogens with zero attached hydrogens (tertiary/aromatic N) is 1. The molecule has 2 aromatic rings. The molecule has 0 aromatic heterocycles. The van der Waals surface area contributed by atoms with Gasteiger partial charge in [-0.3, -0.25) is 14.9 Å². The molecule has 6 nitrogen and oxygen atoms in total. The minimum absolute atomic E-state index is 0.0348. The Morgan fingerprint density at radius 2 is 1.81 bits per heavy atom. The maximum atomic E-state index is 12.3. The van der Waals surface area contributed by atoms with Gasteiger partial charge in [-0.1, -0.05) is 12.1 Å². The number of methoxy groups -OCH3 is 1. The summed E-state index contributed by atoms with van der Waals surface area (Å²) in [4.78, 5) is 25.6. The van der Waals surface area contributed by atoms with E-state index in [2.05, 4.69) is 33.2 Å². The van der Waals surface area contributed by atoms with E-state index >= 15 is 0 Å². The van der Waals surface area contributed by atoms with Crippen LogP contribution in [0.5, 0.6) is 5.75 Å². The highest BCUT2D eigenvalue weighted by Gasteiger charge is 2.11. The molecule has 142 valence electrons. The fourth-order valence-corrected chi connectivity index (χ4v) is 3.13. The summed E-state index contributed by atoms with van der Waals surface area (Å²) in [5, 5.41) is 5.81. The van der Waals surface area contributed by atoms with Gasteiger partial charge in [0.2, 0.25) is 5.91 Å². The van der Waals surface area contributed by atoms with Crippen molar-refractivity contribution in [3.05, 3.63) is 57.2 Å². The zero-order chi connectivity index (χ0) is 20.0. The Balaban J connectivity index is 1.94. The van der Waals surface area contributed by atoms with E-state index < -0.39 is 0 Å². The number of ether oxygens (including phenoxy) is 1. The van der Waals surface area contributed by atoms with E-state index in [0.29, 0.717) is 17.7 Å². The van der Waals surface area contributed by atoms with Gasteiger partial charge in [-0.15, -0.1) is 0 Å². The fourth-order valence-electron chi connectivity index (χ4n) is 2.18. The summed E-state index contributed by atoms with van der Waals surface area (Å²) in [7, 11) is 5.03. The summed E-state index contributed by atoms with van der Waals surface area (Å²) in [6, 6.07) is 12.5. The molecule has 0 atom stereocenters. The maximum Gasteiger partial charge on any atom is 0.257 e. The van der Waals surface area contributed by atoms with Crippen molar-refractivity contribution < 1.29 is 14.3 Å². The quantitative estimate of drug-likeness (QED) is 0.491. The lowest BCUT2D eigenvalue weighted by Crippen LogP contribution is -2.34. The van der Waals surface area contributed by atoms with E-state index in [9.17, 15) is 9.59 Å². The first-order valence-corrected chi connectivity index (χ1v) is 9.54. The summed E-state index contributed by atoms with van der Waals surface area (Å²) in [6.45, 7) is 0. The van der Waals surface area contributed by atoms with E-state index in [0.717, 1.165) is 14.8 Å². The molecule has 0 aliphatic rings. The number of thiocarbonyl (C=S) groups is 1. The second kappa shape index (κ2) is 9.65. The number of nitrogens with one attached hydrogen (secondary N) is 2. The standard InChI is InChI=1S/C19H20IN3O3S/c1-23(2)17(24)10-12-4-7-14(8-5-12)21-19(27)22-18(25)13-6-9-16(26-3)15(20)11-13/h4-9,11H,10H2,1-3H3,(H2,21,22,25,27). The van der Waals surface area contributed by atoms with Gasteiger partial charge in [-0.25, -0.2) is 0 Å². The maximum absolute atomic E-state index is 12.3. The Hall–Kier alpha value is -2.20. The third-order valence-electron chi connectivity index (χ3n) is 3.71. The second-order valence-corrected chi connectivity index (χ2v) is 7.49. The first-order valence-electron chi connectivity index (χ1n) is 8.05. The Bertz CT molecular complexity index is 854. The molecule has 0 spiro atoms. The van der Waals surface area contributed by atoms with Crippen molar-refractivity contribution in [2.24, 2.45) is 0 Å². The molecule has 2 amide bonds. The zero-order valence-corrected chi connectivity index (χ0v) is 18.2. The predicted octanol–water partition coefficient (Wildman–Crippen LogP) is 3.06. The number of hydrogen-bond donors (Lipinski definition) is 2. The average Bonchev–Trinajstić information content (AvgIpc) is 2.63. The van der Waals surface area contributed by atoms with Gasteiger partial charge < -0.3 is 15.0 Å². The Morgan fingerprint density at radius 3 is 2.37 bits per heavy atom. The van der Waals surface area contributed by atoms with Crippen LogP contribution in [0, 0.1) is 3.57 Å². The van der Waals surface area contributed by atoms with Crippen LogP contribution in [0.4, 0.5) is 5.69 Å². The molecular formula is C19H20IN3O3S. The third kappa shape index (κ3) is 6.17. The molecule has 0 saturated carbocycles. The average molecular weight is 497 g/mol. The van der Waals surface area contributed by atoms with E-state index in [1.54, 1.807) is 44.3 Å². The second-order valence-electron chi connectivity index (χ2n) is 5.92. The van der Waals surface area contributed by atoms with E-state index in [4.69, 9.17) is 17.0 Å². The van der Waals surface area contributed by atoms with Crippen molar-refractivity contribution in [1.29, 1.82) is 0 Å². The molecule has 0 saturated heterocycles. The number of benzene rings is 2. The Morgan fingerprint density at radius 1 is 1.15 bits per heavy atom. The molecule has 0 aliphatic carbocycles. The SMILES string of the molecule is COc1ccc(C(=O)NC(=S)Nc2ccc(CC(=O)N(C)C)cc2)cc1I. The first kappa shape index (κ1) is 21.1. The highest BCUT2D eigenvalue weighted by Crippen LogP contribution is 2.21. The van der Waals surface area contributed by atoms with Crippen LogP contribution in [0.3, 0.4) is 0 Å². The summed E-state index contributed by atoms with van der Waals surface area (Å²) in [5.41, 5.74) is 2.12. The predicted molar refractivity (Wildman–Crippen MR) is 118 cm³/mol. The molecule has 2 N–H and O–H groups in total. The van der Waals surface area contributed by atoms with Crippen molar-refractivity contribution in [2.75, 3.05) is 26.5 Å². The highest BCUT2D eigenvalue weighted by atomic mass is 127. The van der Waals surface area contributed by atoms with Crippen LogP contribution in [-0.4, -0.2) is 43.0 Å². The number of halogens is 1. The van der Waals surface area contributed by atoms with Crippen LogP contribution in [0.2, 0.25) is 0 Å². The number of hydrogen-bond acceptors (Lipinski definition) is 4. The van der Waals surface area contributed by atoms with Gasteiger partial charge in [-0.2, -0.15) is 0 Å². The van der Waals surface area contributed by atoms with Gasteiger partial charge in [-0.05, 0) is 70.7 Å². The van der Waals surface area contributed by atoms with E-state index in [1.807, 2.05) is 24.3 Å². The lowest BCUT2D eigenvalue weighted by Gasteiger charge is -2.12. The van der Waals surface area contributed by atoms with Crippen molar-refractivity contribution in [2.45, 2.75) is 6.42 Å². The smallest absolute Gasteiger partial charge is 0.257 e. The molecule has 2 aromatic carbocycles. The molecule has 0 radical (unpaired) electrons. The van der Waals surface area contributed by atoms with Gasteiger partial charge >= 0.3 is 0 Å². The number of amides is 2. The largest absolute Gasteiger partial charge is 0.496 e. The number of likely N-dealkylation sites (N-methyl/N-ethyl adjacent to an activating group) is 1. The van der Waals surface area contributed by atoms with Crippen LogP contribution in [0.1, 0.15) is 15.9 Å². The lowest BCUT2D eigenvalue weighted by atomic mass is 10.1. The molecule has 0 unspecified atom stereocenters. The molecule has 0 heterocycles. The first-order chi connectivity index (χ1) is 12.8. The minimum atomic E-state index is -0.304. The third-order valence-corrected chi connectivity index (χ3v) is 4.75. The van der Waals surface area contributed by atoms with Crippen LogP contribution in [0.25, 0.3) is 0 Å². The molecule has 0 fully saturated rings. The summed E-state index contributed by atoms with van der Waals surface area (Å²) < 4.78 is 6.02. The van der Waals surface area contributed by atoms with Gasteiger partial charge in [0, 0.05) is 25.3 Å². The van der Waals surface area contributed by atoms with E-state index in [1.165, 1.54) is 0 Å². The minimum Gasteiger partial charge on any atom is -0.496 e.